The fourth-order valence-electron chi connectivity index (χ4n) is 2.77. The van der Waals surface area contributed by atoms with E-state index >= 15 is 0 Å². The fourth-order valence-corrected chi connectivity index (χ4v) is 4.44. The summed E-state index contributed by atoms with van der Waals surface area (Å²) >= 11 is 0. The van der Waals surface area contributed by atoms with E-state index in [1.807, 2.05) is 6.92 Å². The zero-order valence-electron chi connectivity index (χ0n) is 13.9. The van der Waals surface area contributed by atoms with Gasteiger partial charge in [-0.1, -0.05) is 0 Å². The van der Waals surface area contributed by atoms with Gasteiger partial charge in [-0.25, -0.2) is 8.42 Å². The standard InChI is InChI=1S/C15H29N3O4S/c1-2-16-15(18-13-6-10-23(19,20)12-13)17-7-4-8-21-11-14-5-3-9-22-14/h13-14H,2-12H2,1H3,(H2,16,17,18). The molecule has 2 saturated heterocycles. The van der Waals surface area contributed by atoms with Crippen molar-refractivity contribution in [3.63, 3.8) is 0 Å². The van der Waals surface area contributed by atoms with Crippen molar-refractivity contribution >= 4 is 15.8 Å². The lowest BCUT2D eigenvalue weighted by Crippen LogP contribution is -2.44. The second kappa shape index (κ2) is 9.44. The van der Waals surface area contributed by atoms with Gasteiger partial charge in [-0.15, -0.1) is 0 Å². The topological polar surface area (TPSA) is 89.0 Å². The minimum atomic E-state index is -2.87. The summed E-state index contributed by atoms with van der Waals surface area (Å²) in [7, 11) is -2.87. The molecule has 0 saturated carbocycles. The SMILES string of the molecule is CCNC(=NCCCOCC1CCCO1)NC1CCS(=O)(=O)C1. The Labute approximate surface area is 139 Å². The van der Waals surface area contributed by atoms with E-state index in [1.54, 1.807) is 0 Å². The van der Waals surface area contributed by atoms with Crippen LogP contribution in [0.2, 0.25) is 0 Å². The molecule has 0 radical (unpaired) electrons. The maximum absolute atomic E-state index is 11.5. The van der Waals surface area contributed by atoms with Crippen molar-refractivity contribution in [3.8, 4) is 0 Å². The van der Waals surface area contributed by atoms with Crippen LogP contribution in [0, 0.1) is 0 Å². The van der Waals surface area contributed by atoms with Gasteiger partial charge in [0, 0.05) is 32.3 Å². The van der Waals surface area contributed by atoms with Crippen LogP contribution in [0.3, 0.4) is 0 Å². The first kappa shape index (κ1) is 18.5. The Kier molecular flexibility index (Phi) is 7.58. The predicted octanol–water partition coefficient (Wildman–Crippen LogP) is 0.314. The van der Waals surface area contributed by atoms with Gasteiger partial charge in [0.05, 0.1) is 24.2 Å². The van der Waals surface area contributed by atoms with Crippen molar-refractivity contribution < 1.29 is 17.9 Å². The van der Waals surface area contributed by atoms with E-state index in [1.165, 1.54) is 0 Å². The molecule has 0 spiro atoms. The molecule has 2 atom stereocenters. The number of hydrogen-bond donors (Lipinski definition) is 2. The molecule has 23 heavy (non-hydrogen) atoms. The van der Waals surface area contributed by atoms with Gasteiger partial charge in [-0.2, -0.15) is 0 Å². The van der Waals surface area contributed by atoms with E-state index in [4.69, 9.17) is 9.47 Å². The van der Waals surface area contributed by atoms with Crippen LogP contribution < -0.4 is 10.6 Å². The molecular weight excluding hydrogens is 318 g/mol. The first-order valence-corrected chi connectivity index (χ1v) is 10.4. The summed E-state index contributed by atoms with van der Waals surface area (Å²) in [6.45, 7) is 5.59. The molecule has 2 N–H and O–H groups in total. The van der Waals surface area contributed by atoms with Gasteiger partial charge < -0.3 is 20.1 Å². The van der Waals surface area contributed by atoms with Crippen LogP contribution in [0.1, 0.15) is 32.6 Å². The van der Waals surface area contributed by atoms with Gasteiger partial charge in [0.2, 0.25) is 0 Å². The molecule has 0 aromatic rings. The first-order chi connectivity index (χ1) is 11.1. The predicted molar refractivity (Wildman–Crippen MR) is 90.6 cm³/mol. The molecule has 2 aliphatic heterocycles. The third kappa shape index (κ3) is 7.05. The minimum Gasteiger partial charge on any atom is -0.379 e. The van der Waals surface area contributed by atoms with Crippen LogP contribution in [0.5, 0.6) is 0 Å². The average molecular weight is 347 g/mol. The molecule has 2 aliphatic rings. The third-order valence-corrected chi connectivity index (χ3v) is 5.73. The number of hydrogen-bond acceptors (Lipinski definition) is 5. The highest BCUT2D eigenvalue weighted by Gasteiger charge is 2.28. The van der Waals surface area contributed by atoms with Gasteiger partial charge in [0.15, 0.2) is 15.8 Å². The van der Waals surface area contributed by atoms with Crippen LogP contribution in [-0.2, 0) is 19.3 Å². The fraction of sp³-hybridized carbons (Fsp3) is 0.933. The quantitative estimate of drug-likeness (QED) is 0.373. The molecular formula is C15H29N3O4S. The Morgan fingerprint density at radius 1 is 1.39 bits per heavy atom. The minimum absolute atomic E-state index is 0.0337. The Bertz CT molecular complexity index is 475. The van der Waals surface area contributed by atoms with Crippen LogP contribution in [0.15, 0.2) is 4.99 Å². The highest BCUT2D eigenvalue weighted by molar-refractivity contribution is 7.91. The first-order valence-electron chi connectivity index (χ1n) is 8.53. The molecule has 0 aromatic carbocycles. The van der Waals surface area contributed by atoms with Crippen LogP contribution in [0.25, 0.3) is 0 Å². The largest absolute Gasteiger partial charge is 0.379 e. The molecule has 0 aromatic heterocycles. The Morgan fingerprint density at radius 2 is 2.26 bits per heavy atom. The van der Waals surface area contributed by atoms with Gasteiger partial charge in [0.1, 0.15) is 0 Å². The smallest absolute Gasteiger partial charge is 0.191 e. The summed E-state index contributed by atoms with van der Waals surface area (Å²) in [5.41, 5.74) is 0. The van der Waals surface area contributed by atoms with E-state index in [2.05, 4.69) is 15.6 Å². The van der Waals surface area contributed by atoms with Gasteiger partial charge in [-0.3, -0.25) is 4.99 Å². The van der Waals surface area contributed by atoms with Crippen LogP contribution in [-0.4, -0.2) is 70.9 Å². The molecule has 7 nitrogen and oxygen atoms in total. The van der Waals surface area contributed by atoms with Gasteiger partial charge in [-0.05, 0) is 32.6 Å². The Hall–Kier alpha value is -0.860. The van der Waals surface area contributed by atoms with Crippen molar-refractivity contribution in [1.82, 2.24) is 10.6 Å². The summed E-state index contributed by atoms with van der Waals surface area (Å²) < 4.78 is 34.1. The summed E-state index contributed by atoms with van der Waals surface area (Å²) in [6.07, 6.45) is 3.98. The van der Waals surface area contributed by atoms with Crippen molar-refractivity contribution in [2.75, 3.05) is 44.4 Å². The number of sulfone groups is 1. The van der Waals surface area contributed by atoms with Crippen molar-refractivity contribution in [2.24, 2.45) is 4.99 Å². The second-order valence-electron chi connectivity index (χ2n) is 6.07. The van der Waals surface area contributed by atoms with E-state index in [0.717, 1.165) is 32.4 Å². The van der Waals surface area contributed by atoms with Crippen LogP contribution >= 0.6 is 0 Å². The number of aliphatic imine (C=N–C) groups is 1. The molecule has 2 fully saturated rings. The number of guanidine groups is 1. The molecule has 2 rings (SSSR count). The number of ether oxygens (including phenoxy) is 2. The lowest BCUT2D eigenvalue weighted by molar-refractivity contribution is 0.0171. The normalized spacial score (nSPS) is 27.3. The molecule has 0 bridgehead atoms. The van der Waals surface area contributed by atoms with E-state index < -0.39 is 9.84 Å². The molecule has 8 heteroatoms. The summed E-state index contributed by atoms with van der Waals surface area (Å²) in [5.74, 6) is 1.15. The second-order valence-corrected chi connectivity index (χ2v) is 8.30. The highest BCUT2D eigenvalue weighted by Crippen LogP contribution is 2.12. The van der Waals surface area contributed by atoms with Gasteiger partial charge >= 0.3 is 0 Å². The molecule has 134 valence electrons. The summed E-state index contributed by atoms with van der Waals surface area (Å²) in [4.78, 5) is 4.48. The third-order valence-electron chi connectivity index (χ3n) is 3.96. The maximum atomic E-state index is 11.5. The van der Waals surface area contributed by atoms with E-state index in [9.17, 15) is 8.42 Å². The van der Waals surface area contributed by atoms with Crippen molar-refractivity contribution in [3.05, 3.63) is 0 Å². The molecule has 2 unspecified atom stereocenters. The highest BCUT2D eigenvalue weighted by atomic mass is 32.2. The summed E-state index contributed by atoms with van der Waals surface area (Å²) in [5, 5.41) is 6.36. The molecule has 2 heterocycles. The van der Waals surface area contributed by atoms with E-state index in [0.29, 0.717) is 32.1 Å². The maximum Gasteiger partial charge on any atom is 0.191 e. The van der Waals surface area contributed by atoms with Crippen LogP contribution in [0.4, 0.5) is 0 Å². The Balaban J connectivity index is 1.62. The van der Waals surface area contributed by atoms with Crippen molar-refractivity contribution in [1.29, 1.82) is 0 Å². The Morgan fingerprint density at radius 3 is 2.91 bits per heavy atom. The van der Waals surface area contributed by atoms with Gasteiger partial charge in [0.25, 0.3) is 0 Å². The van der Waals surface area contributed by atoms with E-state index in [-0.39, 0.29) is 23.7 Å². The monoisotopic (exact) mass is 347 g/mol. The molecule has 0 amide bonds. The number of nitrogens with zero attached hydrogens (tertiary/aromatic N) is 1. The van der Waals surface area contributed by atoms with Crippen molar-refractivity contribution in [2.45, 2.75) is 44.8 Å². The average Bonchev–Trinajstić information content (AvgIpc) is 3.12. The molecule has 0 aliphatic carbocycles. The lowest BCUT2D eigenvalue weighted by atomic mass is 10.2. The number of rotatable bonds is 8. The zero-order valence-corrected chi connectivity index (χ0v) is 14.7. The zero-order chi connectivity index (χ0) is 16.5. The summed E-state index contributed by atoms with van der Waals surface area (Å²) in [6, 6.07) is -0.0337. The lowest BCUT2D eigenvalue weighted by Gasteiger charge is -2.15. The number of nitrogens with one attached hydrogen (secondary N) is 2.